The van der Waals surface area contributed by atoms with Crippen LogP contribution >= 0.6 is 11.6 Å². The topological polar surface area (TPSA) is 0 Å². The van der Waals surface area contributed by atoms with Crippen LogP contribution in [0.4, 0.5) is 0 Å². The van der Waals surface area contributed by atoms with Gasteiger partial charge in [0, 0.05) is 5.38 Å². The van der Waals surface area contributed by atoms with E-state index in [1.165, 1.54) is 35.6 Å². The second kappa shape index (κ2) is 4.52. The summed E-state index contributed by atoms with van der Waals surface area (Å²) in [7, 11) is 0. The number of halogens is 1. The third-order valence-corrected chi connectivity index (χ3v) is 5.60. The molecule has 2 fully saturated rings. The van der Waals surface area contributed by atoms with Crippen LogP contribution in [0.5, 0.6) is 0 Å². The fraction of sp³-hybridized carbons (Fsp3) is 0.444. The van der Waals surface area contributed by atoms with Gasteiger partial charge in [-0.2, -0.15) is 0 Å². The van der Waals surface area contributed by atoms with E-state index in [-0.39, 0.29) is 0 Å². The molecule has 1 heteroatoms. The number of hydrogen-bond acceptors (Lipinski definition) is 0. The minimum Gasteiger partial charge on any atom is -0.122 e. The molecule has 4 rings (SSSR count). The second-order valence-corrected chi connectivity index (χ2v) is 6.91. The summed E-state index contributed by atoms with van der Waals surface area (Å²) in [6.45, 7) is 0. The largest absolute Gasteiger partial charge is 0.122 e. The Kier molecular flexibility index (Phi) is 2.81. The van der Waals surface area contributed by atoms with Gasteiger partial charge in [-0.3, -0.25) is 0 Å². The lowest BCUT2D eigenvalue weighted by Crippen LogP contribution is -2.16. The van der Waals surface area contributed by atoms with Gasteiger partial charge in [0.25, 0.3) is 0 Å². The van der Waals surface area contributed by atoms with Crippen molar-refractivity contribution >= 4 is 22.4 Å². The molecule has 0 N–H and O–H groups in total. The average Bonchev–Trinajstić information content (AvgIpc) is 3.05. The van der Waals surface area contributed by atoms with Crippen molar-refractivity contribution in [1.82, 2.24) is 0 Å². The zero-order valence-corrected chi connectivity index (χ0v) is 11.8. The van der Waals surface area contributed by atoms with Gasteiger partial charge in [0.05, 0.1) is 0 Å². The number of fused-ring (bicyclic) bond motifs is 2. The molecule has 2 aromatic rings. The third-order valence-electron chi connectivity index (χ3n) is 5.09. The summed E-state index contributed by atoms with van der Waals surface area (Å²) in [5, 5.41) is 3.02. The quantitative estimate of drug-likeness (QED) is 0.686. The SMILES string of the molecule is ClC(Cc1cccc2ccccc12)C1CC2CC2C1. The zero-order chi connectivity index (χ0) is 12.8. The molecule has 2 aliphatic carbocycles. The lowest BCUT2D eigenvalue weighted by atomic mass is 9.92. The fourth-order valence-electron chi connectivity index (χ4n) is 3.90. The van der Waals surface area contributed by atoms with Gasteiger partial charge in [0.2, 0.25) is 0 Å². The number of benzene rings is 2. The molecule has 2 aromatic carbocycles. The standard InChI is InChI=1S/C18H19Cl/c19-18(16-9-14-8-15(14)10-16)11-13-6-3-5-12-4-1-2-7-17(12)13/h1-7,14-16,18H,8-11H2. The van der Waals surface area contributed by atoms with Gasteiger partial charge in [0.15, 0.2) is 0 Å². The van der Waals surface area contributed by atoms with Crippen LogP contribution in [0.3, 0.4) is 0 Å². The molecule has 3 atom stereocenters. The maximum Gasteiger partial charge on any atom is 0.0405 e. The molecule has 0 saturated heterocycles. The summed E-state index contributed by atoms with van der Waals surface area (Å²) in [5.74, 6) is 2.81. The van der Waals surface area contributed by atoms with E-state index in [9.17, 15) is 0 Å². The van der Waals surface area contributed by atoms with Crippen LogP contribution in [0, 0.1) is 17.8 Å². The molecule has 3 unspecified atom stereocenters. The summed E-state index contributed by atoms with van der Waals surface area (Å²) >= 11 is 6.71. The molecular formula is C18H19Cl. The molecule has 98 valence electrons. The number of hydrogen-bond donors (Lipinski definition) is 0. The summed E-state index contributed by atoms with van der Waals surface area (Å²) in [5.41, 5.74) is 1.42. The van der Waals surface area contributed by atoms with Gasteiger partial charge in [-0.15, -0.1) is 11.6 Å². The normalized spacial score (nSPS) is 30.3. The Hall–Kier alpha value is -1.01. The van der Waals surface area contributed by atoms with Gasteiger partial charge in [-0.25, -0.2) is 0 Å². The minimum atomic E-state index is 0.318. The maximum atomic E-state index is 6.71. The molecule has 2 saturated carbocycles. The van der Waals surface area contributed by atoms with Crippen molar-refractivity contribution in [3.05, 3.63) is 48.0 Å². The first-order chi connectivity index (χ1) is 9.31. The summed E-state index contributed by atoms with van der Waals surface area (Å²) in [6, 6.07) is 15.2. The average molecular weight is 271 g/mol. The van der Waals surface area contributed by atoms with Crippen molar-refractivity contribution in [1.29, 1.82) is 0 Å². The fourth-order valence-corrected chi connectivity index (χ4v) is 4.28. The lowest BCUT2D eigenvalue weighted by molar-refractivity contribution is 0.461. The molecule has 0 heterocycles. The van der Waals surface area contributed by atoms with Crippen molar-refractivity contribution in [2.75, 3.05) is 0 Å². The van der Waals surface area contributed by atoms with Crippen LogP contribution in [-0.2, 0) is 6.42 Å². The first-order valence-corrected chi connectivity index (χ1v) is 7.85. The highest BCUT2D eigenvalue weighted by Gasteiger charge is 2.47. The van der Waals surface area contributed by atoms with Gasteiger partial charge in [-0.1, -0.05) is 42.5 Å². The smallest absolute Gasteiger partial charge is 0.0405 e. The van der Waals surface area contributed by atoms with E-state index in [0.717, 1.165) is 24.2 Å². The maximum absolute atomic E-state index is 6.71. The Bertz CT molecular complexity index is 588. The van der Waals surface area contributed by atoms with Crippen LogP contribution < -0.4 is 0 Å². The van der Waals surface area contributed by atoms with Gasteiger partial charge in [-0.05, 0) is 59.8 Å². The monoisotopic (exact) mass is 270 g/mol. The molecule has 0 amide bonds. The summed E-state index contributed by atoms with van der Waals surface area (Å²) < 4.78 is 0. The van der Waals surface area contributed by atoms with Crippen LogP contribution in [0.15, 0.2) is 42.5 Å². The van der Waals surface area contributed by atoms with Crippen molar-refractivity contribution < 1.29 is 0 Å². The molecule has 0 aliphatic heterocycles. The van der Waals surface area contributed by atoms with Crippen molar-refractivity contribution in [2.24, 2.45) is 17.8 Å². The highest BCUT2D eigenvalue weighted by Crippen LogP contribution is 2.56. The molecule has 0 aromatic heterocycles. The Morgan fingerprint density at radius 3 is 2.53 bits per heavy atom. The molecule has 0 nitrogen and oxygen atoms in total. The van der Waals surface area contributed by atoms with Crippen molar-refractivity contribution in [2.45, 2.75) is 31.1 Å². The highest BCUT2D eigenvalue weighted by atomic mass is 35.5. The second-order valence-electron chi connectivity index (χ2n) is 6.35. The number of rotatable bonds is 3. The van der Waals surface area contributed by atoms with E-state index >= 15 is 0 Å². The lowest BCUT2D eigenvalue weighted by Gasteiger charge is -2.19. The molecule has 0 spiro atoms. The predicted octanol–water partition coefficient (Wildman–Crippen LogP) is 5.04. The van der Waals surface area contributed by atoms with Crippen LogP contribution in [0.1, 0.15) is 24.8 Å². The van der Waals surface area contributed by atoms with Crippen molar-refractivity contribution in [3.8, 4) is 0 Å². The zero-order valence-electron chi connectivity index (χ0n) is 11.1. The Morgan fingerprint density at radius 1 is 0.947 bits per heavy atom. The Morgan fingerprint density at radius 2 is 1.68 bits per heavy atom. The van der Waals surface area contributed by atoms with Gasteiger partial charge < -0.3 is 0 Å². The van der Waals surface area contributed by atoms with E-state index < -0.39 is 0 Å². The van der Waals surface area contributed by atoms with E-state index in [4.69, 9.17) is 11.6 Å². The van der Waals surface area contributed by atoms with Crippen LogP contribution in [0.25, 0.3) is 10.8 Å². The highest BCUT2D eigenvalue weighted by molar-refractivity contribution is 6.21. The van der Waals surface area contributed by atoms with Crippen LogP contribution in [0.2, 0.25) is 0 Å². The van der Waals surface area contributed by atoms with E-state index in [0.29, 0.717) is 5.38 Å². The predicted molar refractivity (Wildman–Crippen MR) is 81.6 cm³/mol. The molecule has 0 bridgehead atoms. The Balaban J connectivity index is 1.57. The van der Waals surface area contributed by atoms with Gasteiger partial charge >= 0.3 is 0 Å². The molecular weight excluding hydrogens is 252 g/mol. The van der Waals surface area contributed by atoms with E-state index in [1.807, 2.05) is 0 Å². The first-order valence-electron chi connectivity index (χ1n) is 7.42. The van der Waals surface area contributed by atoms with Gasteiger partial charge in [0.1, 0.15) is 0 Å². The molecule has 2 aliphatic rings. The van der Waals surface area contributed by atoms with E-state index in [2.05, 4.69) is 42.5 Å². The van der Waals surface area contributed by atoms with Crippen LogP contribution in [-0.4, -0.2) is 5.38 Å². The van der Waals surface area contributed by atoms with E-state index in [1.54, 1.807) is 0 Å². The Labute approximate surface area is 119 Å². The molecule has 0 radical (unpaired) electrons. The first kappa shape index (κ1) is 11.8. The van der Waals surface area contributed by atoms with Crippen molar-refractivity contribution in [3.63, 3.8) is 0 Å². The number of alkyl halides is 1. The third kappa shape index (κ3) is 2.17. The minimum absolute atomic E-state index is 0.318. The summed E-state index contributed by atoms with van der Waals surface area (Å²) in [6.07, 6.45) is 5.26. The molecule has 19 heavy (non-hydrogen) atoms. The summed E-state index contributed by atoms with van der Waals surface area (Å²) in [4.78, 5) is 0.